The monoisotopic (exact) mass is 373 g/mol. The van der Waals surface area contributed by atoms with Crippen LogP contribution in [0.1, 0.15) is 34.3 Å². The molecule has 3 heterocycles. The van der Waals surface area contributed by atoms with Crippen LogP contribution in [0.4, 0.5) is 5.82 Å². The van der Waals surface area contributed by atoms with Gasteiger partial charge in [-0.05, 0) is 30.0 Å². The second-order valence-corrected chi connectivity index (χ2v) is 6.36. The molecule has 1 aliphatic rings. The first-order valence-electron chi connectivity index (χ1n) is 8.95. The summed E-state index contributed by atoms with van der Waals surface area (Å²) in [5.74, 6) is 1.54. The van der Waals surface area contributed by atoms with E-state index in [1.807, 2.05) is 12.1 Å². The third kappa shape index (κ3) is 3.68. The van der Waals surface area contributed by atoms with Crippen molar-refractivity contribution < 1.29 is 9.53 Å². The summed E-state index contributed by atoms with van der Waals surface area (Å²) in [4.78, 5) is 24.4. The number of H-pyrrole nitrogens is 1. The Labute approximate surface area is 161 Å². The number of fused-ring (bicyclic) bond motifs is 2. The van der Waals surface area contributed by atoms with Crippen LogP contribution >= 0.6 is 0 Å². The van der Waals surface area contributed by atoms with Crippen molar-refractivity contribution in [2.24, 2.45) is 0 Å². The van der Waals surface area contributed by atoms with Gasteiger partial charge in [-0.2, -0.15) is 0 Å². The Morgan fingerprint density at radius 3 is 2.64 bits per heavy atom. The molecule has 1 aliphatic heterocycles. The lowest BCUT2D eigenvalue weighted by Crippen LogP contribution is -2.14. The van der Waals surface area contributed by atoms with E-state index in [1.54, 1.807) is 0 Å². The Kier molecular flexibility index (Phi) is 4.97. The molecule has 0 fully saturated rings. The number of hydrogen-bond donors (Lipinski definition) is 2. The van der Waals surface area contributed by atoms with E-state index in [2.05, 4.69) is 62.4 Å². The lowest BCUT2D eigenvalue weighted by molar-refractivity contribution is 0.111. The number of nitrogens with two attached hydrogens (primary N) is 1. The second kappa shape index (κ2) is 7.87. The van der Waals surface area contributed by atoms with Crippen LogP contribution in [0.15, 0.2) is 60.9 Å². The van der Waals surface area contributed by atoms with Gasteiger partial charge in [0.15, 0.2) is 23.6 Å². The van der Waals surface area contributed by atoms with Crippen molar-refractivity contribution in [3.05, 3.63) is 77.9 Å². The fraction of sp³-hybridized carbons (Fsp3) is 0.143. The lowest BCUT2D eigenvalue weighted by Gasteiger charge is -2.26. The zero-order valence-electron chi connectivity index (χ0n) is 15.1. The summed E-state index contributed by atoms with van der Waals surface area (Å²) >= 11 is 0. The van der Waals surface area contributed by atoms with Gasteiger partial charge in [-0.25, -0.2) is 15.0 Å². The average molecular weight is 373 g/mol. The summed E-state index contributed by atoms with van der Waals surface area (Å²) in [6.45, 7) is 0. The zero-order valence-corrected chi connectivity index (χ0v) is 15.1. The minimum atomic E-state index is 0.206. The number of nitrogens with zero attached hydrogens (tertiary/aromatic N) is 3. The fourth-order valence-electron chi connectivity index (χ4n) is 3.15. The van der Waals surface area contributed by atoms with E-state index < -0.39 is 0 Å². The van der Waals surface area contributed by atoms with Crippen molar-refractivity contribution in [1.82, 2.24) is 19.9 Å². The van der Waals surface area contributed by atoms with E-state index in [-0.39, 0.29) is 11.9 Å². The summed E-state index contributed by atoms with van der Waals surface area (Å²) in [5.41, 5.74) is 9.00. The summed E-state index contributed by atoms with van der Waals surface area (Å²) in [7, 11) is 0. The van der Waals surface area contributed by atoms with E-state index in [1.165, 1.54) is 17.5 Å². The maximum atomic E-state index is 10.3. The van der Waals surface area contributed by atoms with Crippen LogP contribution in [0.5, 0.6) is 5.75 Å². The van der Waals surface area contributed by atoms with Crippen molar-refractivity contribution in [1.29, 1.82) is 0 Å². The van der Waals surface area contributed by atoms with E-state index in [4.69, 9.17) is 10.5 Å². The van der Waals surface area contributed by atoms with Crippen LogP contribution in [0.25, 0.3) is 11.2 Å². The number of nitrogens with one attached hydrogen (secondary N) is 1. The van der Waals surface area contributed by atoms with Crippen LogP contribution in [-0.4, -0.2) is 26.2 Å². The van der Waals surface area contributed by atoms with Gasteiger partial charge in [0.25, 0.3) is 0 Å². The van der Waals surface area contributed by atoms with Gasteiger partial charge in [-0.3, -0.25) is 4.79 Å². The topological polar surface area (TPSA) is 107 Å². The Bertz CT molecular complexity index is 1090. The van der Waals surface area contributed by atoms with E-state index in [0.29, 0.717) is 23.3 Å². The summed E-state index contributed by atoms with van der Waals surface area (Å²) in [5, 5.41) is 0. The SMILES string of the molecule is Nc1ncnc2nc(C=O)[nH]c12.c1ccc(C2CCc3ccccc3O2)cc1. The standard InChI is InChI=1S/C15H14O.C6H5N5O/c1-2-6-12(7-3-1)15-11-10-13-8-4-5-9-14(13)16-15;7-5-4-6(9-2-8-5)11-3(1-12)10-4/h1-9,15H,10-11H2;1-2H,(H3,7,8,9,10,11). The number of carbonyl (C=O) groups excluding carboxylic acids is 1. The molecule has 140 valence electrons. The minimum Gasteiger partial charge on any atom is -0.485 e. The van der Waals surface area contributed by atoms with Gasteiger partial charge in [0.1, 0.15) is 23.7 Å². The predicted molar refractivity (Wildman–Crippen MR) is 106 cm³/mol. The van der Waals surface area contributed by atoms with Gasteiger partial charge in [-0.1, -0.05) is 48.5 Å². The number of hydrogen-bond acceptors (Lipinski definition) is 6. The molecular formula is C21H19N5O2. The molecule has 0 bridgehead atoms. The molecule has 0 aliphatic carbocycles. The maximum Gasteiger partial charge on any atom is 0.185 e. The van der Waals surface area contributed by atoms with E-state index in [9.17, 15) is 4.79 Å². The molecule has 1 unspecified atom stereocenters. The van der Waals surface area contributed by atoms with Gasteiger partial charge in [-0.15, -0.1) is 0 Å². The predicted octanol–water partition coefficient (Wildman–Crippen LogP) is 3.50. The molecule has 2 aromatic carbocycles. The molecule has 0 radical (unpaired) electrons. The van der Waals surface area contributed by atoms with Gasteiger partial charge in [0.05, 0.1) is 0 Å². The van der Waals surface area contributed by atoms with Crippen LogP contribution in [0.2, 0.25) is 0 Å². The number of aromatic amines is 1. The Morgan fingerprint density at radius 1 is 1.07 bits per heavy atom. The molecule has 3 N–H and O–H groups in total. The Balaban J connectivity index is 0.000000143. The van der Waals surface area contributed by atoms with Gasteiger partial charge >= 0.3 is 0 Å². The van der Waals surface area contributed by atoms with Crippen molar-refractivity contribution in [2.45, 2.75) is 18.9 Å². The fourth-order valence-corrected chi connectivity index (χ4v) is 3.15. The lowest BCUT2D eigenvalue weighted by atomic mass is 9.98. The summed E-state index contributed by atoms with van der Waals surface area (Å²) in [6.07, 6.45) is 4.29. The number of nitrogen functional groups attached to an aromatic ring is 1. The number of para-hydroxylation sites is 1. The first-order chi connectivity index (χ1) is 13.7. The highest BCUT2D eigenvalue weighted by Crippen LogP contribution is 2.34. The largest absolute Gasteiger partial charge is 0.485 e. The zero-order chi connectivity index (χ0) is 19.3. The molecule has 4 aromatic rings. The number of benzene rings is 2. The number of anilines is 1. The number of aromatic nitrogens is 4. The summed E-state index contributed by atoms with van der Waals surface area (Å²) < 4.78 is 6.02. The van der Waals surface area contributed by atoms with Crippen molar-refractivity contribution >= 4 is 23.3 Å². The number of carbonyl (C=O) groups is 1. The van der Waals surface area contributed by atoms with Gasteiger partial charge < -0.3 is 15.5 Å². The van der Waals surface area contributed by atoms with Crippen LogP contribution in [-0.2, 0) is 6.42 Å². The number of aldehydes is 1. The summed E-state index contributed by atoms with van der Waals surface area (Å²) in [6, 6.07) is 18.8. The number of rotatable bonds is 2. The van der Waals surface area contributed by atoms with Crippen LogP contribution < -0.4 is 10.5 Å². The quantitative estimate of drug-likeness (QED) is 0.521. The van der Waals surface area contributed by atoms with Gasteiger partial charge in [0, 0.05) is 0 Å². The smallest absolute Gasteiger partial charge is 0.185 e. The maximum absolute atomic E-state index is 10.3. The van der Waals surface area contributed by atoms with Crippen LogP contribution in [0.3, 0.4) is 0 Å². The number of aryl methyl sites for hydroxylation is 1. The molecular weight excluding hydrogens is 354 g/mol. The molecule has 0 amide bonds. The second-order valence-electron chi connectivity index (χ2n) is 6.36. The molecule has 7 nitrogen and oxygen atoms in total. The molecule has 7 heteroatoms. The van der Waals surface area contributed by atoms with Crippen molar-refractivity contribution in [3.63, 3.8) is 0 Å². The van der Waals surface area contributed by atoms with Crippen molar-refractivity contribution in [2.75, 3.05) is 5.73 Å². The molecule has 28 heavy (non-hydrogen) atoms. The minimum absolute atomic E-state index is 0.206. The molecule has 5 rings (SSSR count). The molecule has 1 atom stereocenters. The highest BCUT2D eigenvalue weighted by Gasteiger charge is 2.20. The molecule has 0 saturated carbocycles. The van der Waals surface area contributed by atoms with E-state index in [0.717, 1.165) is 18.6 Å². The van der Waals surface area contributed by atoms with Gasteiger partial charge in [0.2, 0.25) is 0 Å². The highest BCUT2D eigenvalue weighted by atomic mass is 16.5. The van der Waals surface area contributed by atoms with Crippen LogP contribution in [0, 0.1) is 0 Å². The number of imidazole rings is 1. The molecule has 0 spiro atoms. The highest BCUT2D eigenvalue weighted by molar-refractivity contribution is 5.85. The molecule has 2 aromatic heterocycles. The Hall–Kier alpha value is -3.74. The molecule has 0 saturated heterocycles. The number of ether oxygens (including phenoxy) is 1. The van der Waals surface area contributed by atoms with E-state index >= 15 is 0 Å². The Morgan fingerprint density at radius 2 is 1.86 bits per heavy atom. The third-order valence-corrected chi connectivity index (χ3v) is 4.54. The third-order valence-electron chi connectivity index (χ3n) is 4.54. The average Bonchev–Trinajstić information content (AvgIpc) is 3.19. The first kappa shape index (κ1) is 17.7. The normalized spacial score (nSPS) is 15.1. The van der Waals surface area contributed by atoms with Crippen molar-refractivity contribution in [3.8, 4) is 5.75 Å². The first-order valence-corrected chi connectivity index (χ1v) is 8.95.